The minimum atomic E-state index is -3.34. The lowest BCUT2D eigenvalue weighted by molar-refractivity contribution is 0.287. The van der Waals surface area contributed by atoms with Gasteiger partial charge in [0.15, 0.2) is 27.3 Å². The summed E-state index contributed by atoms with van der Waals surface area (Å²) < 4.78 is 36.1. The molecule has 2 aromatic rings. The molecule has 2 N–H and O–H groups in total. The molecule has 2 rings (SSSR count). The fourth-order valence-corrected chi connectivity index (χ4v) is 4.05. The largest absolute Gasteiger partial charge is 0.490 e. The molecule has 0 spiro atoms. The second kappa shape index (κ2) is 11.4. The Morgan fingerprint density at radius 2 is 1.70 bits per heavy atom. The van der Waals surface area contributed by atoms with E-state index in [-0.39, 0.29) is 18.3 Å². The zero-order chi connectivity index (χ0) is 22.0. The lowest BCUT2D eigenvalue weighted by atomic mass is 10.1. The Labute approximate surface area is 179 Å². The molecule has 7 nitrogen and oxygen atoms in total. The van der Waals surface area contributed by atoms with Crippen LogP contribution in [0.15, 0.2) is 58.4 Å². The Bertz CT molecular complexity index is 931. The second-order valence-corrected chi connectivity index (χ2v) is 8.68. The lowest BCUT2D eigenvalue weighted by Gasteiger charge is -2.20. The summed E-state index contributed by atoms with van der Waals surface area (Å²) in [4.78, 5) is 4.52. The molecule has 8 heteroatoms. The van der Waals surface area contributed by atoms with Gasteiger partial charge in [0.25, 0.3) is 0 Å². The predicted octanol–water partition coefficient (Wildman–Crippen LogP) is 3.18. The predicted molar refractivity (Wildman–Crippen MR) is 120 cm³/mol. The van der Waals surface area contributed by atoms with Crippen molar-refractivity contribution >= 4 is 15.8 Å². The molecular formula is C22H31N3O4S. The molecule has 0 aliphatic carbocycles. The van der Waals surface area contributed by atoms with Gasteiger partial charge in [-0.1, -0.05) is 24.3 Å². The topological polar surface area (TPSA) is 89.0 Å². The van der Waals surface area contributed by atoms with Crippen LogP contribution in [0.5, 0.6) is 11.5 Å². The van der Waals surface area contributed by atoms with Gasteiger partial charge in [-0.05, 0) is 50.6 Å². The number of aliphatic imine (C=N–C) groups is 1. The summed E-state index contributed by atoms with van der Waals surface area (Å²) in [7, 11) is -1.69. The summed E-state index contributed by atoms with van der Waals surface area (Å²) in [6.07, 6.45) is 0. The Hall–Kier alpha value is -2.74. The van der Waals surface area contributed by atoms with Gasteiger partial charge in [0.05, 0.1) is 29.9 Å². The number of hydrogen-bond donors (Lipinski definition) is 2. The number of ether oxygens (including phenoxy) is 2. The summed E-state index contributed by atoms with van der Waals surface area (Å²) in [5.74, 6) is 1.91. The van der Waals surface area contributed by atoms with Gasteiger partial charge in [0.2, 0.25) is 0 Å². The maximum absolute atomic E-state index is 12.4. The SMILES string of the molecule is CCOc1ccc(C(C)NC(=NC)NCCS(=O)(=O)c2ccccc2)cc1OCC. The summed E-state index contributed by atoms with van der Waals surface area (Å²) in [5.41, 5.74) is 1.00. The average Bonchev–Trinajstić information content (AvgIpc) is 2.75. The van der Waals surface area contributed by atoms with Gasteiger partial charge in [-0.2, -0.15) is 0 Å². The number of rotatable bonds is 10. The zero-order valence-corrected chi connectivity index (χ0v) is 18.8. The van der Waals surface area contributed by atoms with E-state index in [1.807, 2.05) is 39.0 Å². The quantitative estimate of drug-likeness (QED) is 0.442. The van der Waals surface area contributed by atoms with E-state index in [9.17, 15) is 8.42 Å². The van der Waals surface area contributed by atoms with Crippen molar-refractivity contribution in [3.8, 4) is 11.5 Å². The van der Waals surface area contributed by atoms with Crippen molar-refractivity contribution in [2.24, 2.45) is 4.99 Å². The van der Waals surface area contributed by atoms with Gasteiger partial charge in [-0.25, -0.2) is 8.42 Å². The van der Waals surface area contributed by atoms with Gasteiger partial charge in [0, 0.05) is 13.6 Å². The molecule has 0 aromatic heterocycles. The highest BCUT2D eigenvalue weighted by Crippen LogP contribution is 2.30. The molecular weight excluding hydrogens is 402 g/mol. The van der Waals surface area contributed by atoms with Crippen molar-refractivity contribution in [2.75, 3.05) is 32.6 Å². The number of nitrogens with one attached hydrogen (secondary N) is 2. The molecule has 1 unspecified atom stereocenters. The van der Waals surface area contributed by atoms with Crippen LogP contribution in [0.2, 0.25) is 0 Å². The molecule has 0 saturated heterocycles. The number of hydrogen-bond acceptors (Lipinski definition) is 5. The van der Waals surface area contributed by atoms with E-state index in [2.05, 4.69) is 15.6 Å². The molecule has 30 heavy (non-hydrogen) atoms. The molecule has 0 heterocycles. The van der Waals surface area contributed by atoms with Gasteiger partial charge >= 0.3 is 0 Å². The highest BCUT2D eigenvalue weighted by atomic mass is 32.2. The van der Waals surface area contributed by atoms with Crippen molar-refractivity contribution in [3.63, 3.8) is 0 Å². The molecule has 2 aromatic carbocycles. The van der Waals surface area contributed by atoms with E-state index < -0.39 is 9.84 Å². The molecule has 0 amide bonds. The molecule has 0 saturated carbocycles. The highest BCUT2D eigenvalue weighted by Gasteiger charge is 2.15. The van der Waals surface area contributed by atoms with E-state index in [0.29, 0.717) is 35.6 Å². The third-order valence-corrected chi connectivity index (χ3v) is 6.14. The van der Waals surface area contributed by atoms with Gasteiger partial charge < -0.3 is 20.1 Å². The minimum absolute atomic E-state index is 0.0242. The normalized spacial score (nSPS) is 12.9. The Kier molecular flexibility index (Phi) is 8.98. The Morgan fingerprint density at radius 3 is 2.33 bits per heavy atom. The monoisotopic (exact) mass is 433 g/mol. The maximum atomic E-state index is 12.4. The molecule has 0 radical (unpaired) electrons. The summed E-state index contributed by atoms with van der Waals surface area (Å²) in [6, 6.07) is 14.2. The van der Waals surface area contributed by atoms with Crippen molar-refractivity contribution in [1.82, 2.24) is 10.6 Å². The van der Waals surface area contributed by atoms with Crippen LogP contribution < -0.4 is 20.1 Å². The average molecular weight is 434 g/mol. The maximum Gasteiger partial charge on any atom is 0.191 e. The summed E-state index contributed by atoms with van der Waals surface area (Å²) in [6.45, 7) is 7.22. The molecule has 0 fully saturated rings. The summed E-state index contributed by atoms with van der Waals surface area (Å²) >= 11 is 0. The molecule has 0 bridgehead atoms. The van der Waals surface area contributed by atoms with Crippen LogP contribution in [0.1, 0.15) is 32.4 Å². The highest BCUT2D eigenvalue weighted by molar-refractivity contribution is 7.91. The Balaban J connectivity index is 1.98. The number of nitrogens with zero attached hydrogens (tertiary/aromatic N) is 1. The van der Waals surface area contributed by atoms with Crippen LogP contribution in [0.25, 0.3) is 0 Å². The molecule has 0 aliphatic rings. The number of sulfone groups is 1. The van der Waals surface area contributed by atoms with E-state index in [1.165, 1.54) is 0 Å². The van der Waals surface area contributed by atoms with Crippen LogP contribution >= 0.6 is 0 Å². The van der Waals surface area contributed by atoms with Gasteiger partial charge in [-0.15, -0.1) is 0 Å². The number of benzene rings is 2. The third-order valence-electron chi connectivity index (χ3n) is 4.41. The summed E-state index contributed by atoms with van der Waals surface area (Å²) in [5, 5.41) is 6.35. The first kappa shape index (κ1) is 23.5. The van der Waals surface area contributed by atoms with Crippen molar-refractivity contribution in [3.05, 3.63) is 54.1 Å². The van der Waals surface area contributed by atoms with E-state index in [1.54, 1.807) is 37.4 Å². The number of guanidine groups is 1. The first-order chi connectivity index (χ1) is 14.4. The minimum Gasteiger partial charge on any atom is -0.490 e. The molecule has 0 aliphatic heterocycles. The van der Waals surface area contributed by atoms with Gasteiger partial charge in [-0.3, -0.25) is 4.99 Å². The van der Waals surface area contributed by atoms with Crippen LogP contribution in [-0.2, 0) is 9.84 Å². The van der Waals surface area contributed by atoms with E-state index >= 15 is 0 Å². The van der Waals surface area contributed by atoms with Crippen LogP contribution in [0.3, 0.4) is 0 Å². The Morgan fingerprint density at radius 1 is 1.03 bits per heavy atom. The second-order valence-electron chi connectivity index (χ2n) is 6.57. The molecule has 1 atom stereocenters. The first-order valence-electron chi connectivity index (χ1n) is 10.1. The standard InChI is InChI=1S/C22H31N3O4S/c1-5-28-20-13-12-18(16-21(20)29-6-2)17(3)25-22(23-4)24-14-15-30(26,27)19-10-8-7-9-11-19/h7-13,16-17H,5-6,14-15H2,1-4H3,(H2,23,24,25). The first-order valence-corrected chi connectivity index (χ1v) is 11.7. The van der Waals surface area contributed by atoms with Crippen molar-refractivity contribution in [2.45, 2.75) is 31.7 Å². The van der Waals surface area contributed by atoms with Crippen molar-refractivity contribution in [1.29, 1.82) is 0 Å². The molecule has 164 valence electrons. The zero-order valence-electron chi connectivity index (χ0n) is 18.0. The van der Waals surface area contributed by atoms with Crippen LogP contribution in [0, 0.1) is 0 Å². The smallest absolute Gasteiger partial charge is 0.191 e. The van der Waals surface area contributed by atoms with Crippen molar-refractivity contribution < 1.29 is 17.9 Å². The van der Waals surface area contributed by atoms with Crippen LogP contribution in [0.4, 0.5) is 0 Å². The fraction of sp³-hybridized carbons (Fsp3) is 0.409. The van der Waals surface area contributed by atoms with Crippen LogP contribution in [-0.4, -0.2) is 46.9 Å². The lowest BCUT2D eigenvalue weighted by Crippen LogP contribution is -2.40. The fourth-order valence-electron chi connectivity index (χ4n) is 2.87. The van der Waals surface area contributed by atoms with Gasteiger partial charge in [0.1, 0.15) is 0 Å². The van der Waals surface area contributed by atoms with E-state index in [0.717, 1.165) is 5.56 Å². The third kappa shape index (κ3) is 6.66. The van der Waals surface area contributed by atoms with E-state index in [4.69, 9.17) is 9.47 Å².